The third-order valence-electron chi connectivity index (χ3n) is 5.84. The molecule has 3 atom stereocenters. The van der Waals surface area contributed by atoms with Gasteiger partial charge >= 0.3 is 0 Å². The molecule has 1 aromatic rings. The fourth-order valence-electron chi connectivity index (χ4n) is 4.10. The van der Waals surface area contributed by atoms with Crippen molar-refractivity contribution in [1.29, 1.82) is 0 Å². The zero-order valence-corrected chi connectivity index (χ0v) is 18.2. The van der Waals surface area contributed by atoms with Crippen LogP contribution in [0.1, 0.15) is 32.6 Å². The van der Waals surface area contributed by atoms with Crippen LogP contribution in [0, 0.1) is 11.8 Å². The van der Waals surface area contributed by atoms with Crippen molar-refractivity contribution in [3.8, 4) is 11.5 Å². The molecule has 2 aliphatic rings. The van der Waals surface area contributed by atoms with Gasteiger partial charge in [-0.15, -0.1) is 12.4 Å². The van der Waals surface area contributed by atoms with Crippen molar-refractivity contribution < 1.29 is 19.1 Å². The predicted molar refractivity (Wildman–Crippen MR) is 115 cm³/mol. The number of hydrogen-bond donors (Lipinski definition) is 2. The Kier molecular flexibility index (Phi) is 8.59. The molecule has 7 nitrogen and oxygen atoms in total. The summed E-state index contributed by atoms with van der Waals surface area (Å²) >= 11 is 0. The maximum Gasteiger partial charge on any atom is 0.249 e. The summed E-state index contributed by atoms with van der Waals surface area (Å²) in [7, 11) is 3.16. The van der Waals surface area contributed by atoms with E-state index in [9.17, 15) is 9.59 Å². The van der Waals surface area contributed by atoms with Gasteiger partial charge in [0.05, 0.1) is 19.9 Å². The summed E-state index contributed by atoms with van der Waals surface area (Å²) in [6.45, 7) is 4.73. The summed E-state index contributed by atoms with van der Waals surface area (Å²) in [6.07, 6.45) is 3.39. The van der Waals surface area contributed by atoms with Gasteiger partial charge in [0, 0.05) is 31.2 Å². The number of carbonyl (C=O) groups is 2. The molecule has 2 fully saturated rings. The standard InChI is InChI=1S/C21H31N3O4.ClH/c1-14(15-5-4-7-22-13-15)9-20(25)23-19-6-8-24(21(19)26)16-10-17(27-2)12-18(11-16)28-3;/h10-12,14-15,19,22H,4-9,13H2,1-3H3,(H,23,25);1H. The predicted octanol–water partition coefficient (Wildman–Crippen LogP) is 2.37. The first-order valence-electron chi connectivity index (χ1n) is 10.1. The molecule has 1 aromatic carbocycles. The van der Waals surface area contributed by atoms with Crippen molar-refractivity contribution in [2.75, 3.05) is 38.8 Å². The normalized spacial score (nSPS) is 22.6. The number of methoxy groups -OCH3 is 2. The van der Waals surface area contributed by atoms with Gasteiger partial charge in [-0.1, -0.05) is 6.92 Å². The quantitative estimate of drug-likeness (QED) is 0.701. The van der Waals surface area contributed by atoms with E-state index in [1.807, 2.05) is 12.1 Å². The van der Waals surface area contributed by atoms with E-state index in [1.165, 1.54) is 0 Å². The topological polar surface area (TPSA) is 79.9 Å². The minimum atomic E-state index is -0.471. The average molecular weight is 426 g/mol. The molecule has 162 valence electrons. The molecule has 8 heteroatoms. The summed E-state index contributed by atoms with van der Waals surface area (Å²) in [6, 6.07) is 4.91. The second kappa shape index (κ2) is 10.7. The van der Waals surface area contributed by atoms with E-state index in [2.05, 4.69) is 17.6 Å². The van der Waals surface area contributed by atoms with Crippen LogP contribution in [0.3, 0.4) is 0 Å². The van der Waals surface area contributed by atoms with Gasteiger partial charge in [-0.2, -0.15) is 0 Å². The molecule has 0 saturated carbocycles. The van der Waals surface area contributed by atoms with Crippen molar-refractivity contribution in [3.63, 3.8) is 0 Å². The summed E-state index contributed by atoms with van der Waals surface area (Å²) in [5, 5.41) is 6.34. The molecule has 0 aliphatic carbocycles. The van der Waals surface area contributed by atoms with E-state index in [1.54, 1.807) is 25.2 Å². The summed E-state index contributed by atoms with van der Waals surface area (Å²) in [5.41, 5.74) is 0.722. The zero-order valence-electron chi connectivity index (χ0n) is 17.4. The number of amides is 2. The summed E-state index contributed by atoms with van der Waals surface area (Å²) in [5.74, 6) is 1.97. The minimum absolute atomic E-state index is 0. The first-order valence-corrected chi connectivity index (χ1v) is 10.1. The van der Waals surface area contributed by atoms with Crippen molar-refractivity contribution in [2.45, 2.75) is 38.6 Å². The molecular weight excluding hydrogens is 394 g/mol. The minimum Gasteiger partial charge on any atom is -0.497 e. The summed E-state index contributed by atoms with van der Waals surface area (Å²) < 4.78 is 10.6. The third-order valence-corrected chi connectivity index (χ3v) is 5.84. The number of ether oxygens (including phenoxy) is 2. The molecule has 3 unspecified atom stereocenters. The van der Waals surface area contributed by atoms with E-state index in [0.717, 1.165) is 31.6 Å². The molecule has 2 heterocycles. The number of piperidine rings is 1. The summed E-state index contributed by atoms with van der Waals surface area (Å²) in [4.78, 5) is 27.0. The lowest BCUT2D eigenvalue weighted by Gasteiger charge is -2.28. The van der Waals surface area contributed by atoms with Crippen LogP contribution in [0.25, 0.3) is 0 Å². The van der Waals surface area contributed by atoms with Crippen molar-refractivity contribution in [1.82, 2.24) is 10.6 Å². The largest absolute Gasteiger partial charge is 0.497 e. The first-order chi connectivity index (χ1) is 13.5. The van der Waals surface area contributed by atoms with Crippen LogP contribution in [0.4, 0.5) is 5.69 Å². The van der Waals surface area contributed by atoms with Gasteiger partial charge in [0.2, 0.25) is 11.8 Å². The zero-order chi connectivity index (χ0) is 20.1. The molecule has 29 heavy (non-hydrogen) atoms. The molecule has 2 N–H and O–H groups in total. The maximum atomic E-state index is 12.8. The molecule has 0 radical (unpaired) electrons. The van der Waals surface area contributed by atoms with Crippen molar-refractivity contribution >= 4 is 29.9 Å². The molecule has 2 aliphatic heterocycles. The highest BCUT2D eigenvalue weighted by Gasteiger charge is 2.34. The Balaban J connectivity index is 0.00000300. The number of carbonyl (C=O) groups excluding carboxylic acids is 2. The van der Waals surface area contributed by atoms with E-state index < -0.39 is 6.04 Å². The van der Waals surface area contributed by atoms with Crippen LogP contribution in [0.15, 0.2) is 18.2 Å². The van der Waals surface area contributed by atoms with Crippen LogP contribution in [0.5, 0.6) is 11.5 Å². The van der Waals surface area contributed by atoms with Gasteiger partial charge in [0.25, 0.3) is 0 Å². The van der Waals surface area contributed by atoms with Crippen molar-refractivity contribution in [3.05, 3.63) is 18.2 Å². The van der Waals surface area contributed by atoms with Gasteiger partial charge in [-0.3, -0.25) is 9.59 Å². The van der Waals surface area contributed by atoms with Gasteiger partial charge in [-0.25, -0.2) is 0 Å². The SMILES string of the molecule is COc1cc(OC)cc(N2CCC(NC(=O)CC(C)C3CCCNC3)C2=O)c1.Cl. The number of hydrogen-bond acceptors (Lipinski definition) is 5. The Morgan fingerprint density at radius 1 is 1.24 bits per heavy atom. The monoisotopic (exact) mass is 425 g/mol. The Labute approximate surface area is 178 Å². The number of halogens is 1. The Bertz CT molecular complexity index is 687. The van der Waals surface area contributed by atoms with E-state index >= 15 is 0 Å². The number of nitrogens with zero attached hydrogens (tertiary/aromatic N) is 1. The van der Waals surface area contributed by atoms with E-state index in [4.69, 9.17) is 9.47 Å². The number of anilines is 1. The average Bonchev–Trinajstić information content (AvgIpc) is 3.08. The maximum absolute atomic E-state index is 12.8. The number of nitrogens with one attached hydrogen (secondary N) is 2. The van der Waals surface area contributed by atoms with Crippen LogP contribution in [-0.2, 0) is 9.59 Å². The van der Waals surface area contributed by atoms with Crippen LogP contribution >= 0.6 is 12.4 Å². The molecule has 0 bridgehead atoms. The molecule has 0 spiro atoms. The fraction of sp³-hybridized carbons (Fsp3) is 0.619. The highest BCUT2D eigenvalue weighted by Crippen LogP contribution is 2.31. The van der Waals surface area contributed by atoms with E-state index in [0.29, 0.717) is 42.7 Å². The Hall–Kier alpha value is -1.99. The lowest BCUT2D eigenvalue weighted by molar-refractivity contribution is -0.127. The Morgan fingerprint density at radius 2 is 1.93 bits per heavy atom. The van der Waals surface area contributed by atoms with Crippen LogP contribution in [-0.4, -0.2) is 51.7 Å². The number of benzene rings is 1. The Morgan fingerprint density at radius 3 is 2.52 bits per heavy atom. The highest BCUT2D eigenvalue weighted by atomic mass is 35.5. The molecule has 2 saturated heterocycles. The van der Waals surface area contributed by atoms with Gasteiger partial charge < -0.3 is 25.0 Å². The van der Waals surface area contributed by atoms with Crippen molar-refractivity contribution in [2.24, 2.45) is 11.8 Å². The number of rotatable bonds is 7. The van der Waals surface area contributed by atoms with Gasteiger partial charge in [0.15, 0.2) is 0 Å². The van der Waals surface area contributed by atoms with Crippen LogP contribution in [0.2, 0.25) is 0 Å². The second-order valence-corrected chi connectivity index (χ2v) is 7.76. The van der Waals surface area contributed by atoms with Crippen LogP contribution < -0.4 is 25.0 Å². The lowest BCUT2D eigenvalue weighted by atomic mass is 9.85. The fourth-order valence-corrected chi connectivity index (χ4v) is 4.10. The molecular formula is C21H32ClN3O4. The van der Waals surface area contributed by atoms with E-state index in [-0.39, 0.29) is 24.2 Å². The van der Waals surface area contributed by atoms with Gasteiger partial charge in [0.1, 0.15) is 17.5 Å². The molecule has 0 aromatic heterocycles. The second-order valence-electron chi connectivity index (χ2n) is 7.76. The van der Waals surface area contributed by atoms with Gasteiger partial charge in [-0.05, 0) is 44.2 Å². The highest BCUT2D eigenvalue weighted by molar-refractivity contribution is 6.01. The molecule has 3 rings (SSSR count). The smallest absolute Gasteiger partial charge is 0.249 e. The molecule has 2 amide bonds. The third kappa shape index (κ3) is 5.76. The first kappa shape index (κ1) is 23.3. The lowest BCUT2D eigenvalue weighted by Crippen LogP contribution is -2.43.